The van der Waals surface area contributed by atoms with Crippen molar-refractivity contribution in [3.63, 3.8) is 0 Å². The minimum atomic E-state index is -1.44. The van der Waals surface area contributed by atoms with Gasteiger partial charge < -0.3 is 10.4 Å². The number of rotatable bonds is 9. The zero-order valence-corrected chi connectivity index (χ0v) is 12.9. The number of nitrogens with one attached hydrogen (secondary N) is 1. The quantitative estimate of drug-likeness (QED) is 0.667. The molecule has 1 aliphatic rings. The Labute approximate surface area is 134 Å². The summed E-state index contributed by atoms with van der Waals surface area (Å²) in [6, 6.07) is 1.69. The molecule has 0 fully saturated rings. The van der Waals surface area contributed by atoms with Gasteiger partial charge in [-0.15, -0.1) is 12.3 Å². The molecule has 2 rings (SSSR count). The van der Waals surface area contributed by atoms with Crippen molar-refractivity contribution in [2.24, 2.45) is 10.2 Å². The highest BCUT2D eigenvalue weighted by Crippen LogP contribution is 2.37. The maximum absolute atomic E-state index is 12.1. The molecule has 0 radical (unpaired) electrons. The number of amides is 1. The van der Waals surface area contributed by atoms with Crippen LogP contribution in [0.1, 0.15) is 32.6 Å². The Kier molecular flexibility index (Phi) is 4.79. The first-order valence-corrected chi connectivity index (χ1v) is 7.28. The molecule has 1 unspecified atom stereocenters. The van der Waals surface area contributed by atoms with Crippen LogP contribution in [0.15, 0.2) is 28.7 Å². The number of hydrogen-bond donors (Lipinski definition) is 2. The summed E-state index contributed by atoms with van der Waals surface area (Å²) < 4.78 is 1.47. The third-order valence-electron chi connectivity index (χ3n) is 3.73. The maximum Gasteiger partial charge on any atom is 0.331 e. The number of carbonyl (C=O) groups excluding carboxylic acids is 1. The highest BCUT2D eigenvalue weighted by atomic mass is 16.4. The molecule has 0 aliphatic carbocycles. The van der Waals surface area contributed by atoms with Gasteiger partial charge in [0.15, 0.2) is 11.2 Å². The predicted molar refractivity (Wildman–Crippen MR) is 81.3 cm³/mol. The van der Waals surface area contributed by atoms with E-state index >= 15 is 0 Å². The molecule has 0 aromatic carbocycles. The van der Waals surface area contributed by atoms with E-state index in [9.17, 15) is 14.7 Å². The van der Waals surface area contributed by atoms with Gasteiger partial charge in [-0.3, -0.25) is 9.48 Å². The number of aromatic nitrogens is 2. The number of carboxylic acids is 1. The lowest BCUT2D eigenvalue weighted by molar-refractivity contribution is -0.147. The average molecular weight is 317 g/mol. The number of terminal acetylenes is 1. The second kappa shape index (κ2) is 6.60. The molecule has 2 N–H and O–H groups in total. The van der Waals surface area contributed by atoms with Gasteiger partial charge >= 0.3 is 5.97 Å². The van der Waals surface area contributed by atoms with Crippen LogP contribution in [0.3, 0.4) is 0 Å². The van der Waals surface area contributed by atoms with Crippen LogP contribution in [0.4, 0.5) is 0 Å². The van der Waals surface area contributed by atoms with Gasteiger partial charge in [0, 0.05) is 38.1 Å². The summed E-state index contributed by atoms with van der Waals surface area (Å²) in [5.74, 6) is 1.04. The zero-order valence-electron chi connectivity index (χ0n) is 12.9. The Morgan fingerprint density at radius 3 is 2.70 bits per heavy atom. The van der Waals surface area contributed by atoms with E-state index in [1.54, 1.807) is 18.5 Å². The van der Waals surface area contributed by atoms with Gasteiger partial charge in [0.25, 0.3) is 0 Å². The third-order valence-corrected chi connectivity index (χ3v) is 3.73. The summed E-state index contributed by atoms with van der Waals surface area (Å²) in [4.78, 5) is 23.6. The first-order chi connectivity index (χ1) is 10.9. The van der Waals surface area contributed by atoms with E-state index in [0.717, 1.165) is 0 Å². The molecule has 122 valence electrons. The van der Waals surface area contributed by atoms with E-state index in [0.29, 0.717) is 19.3 Å². The van der Waals surface area contributed by atoms with E-state index in [-0.39, 0.29) is 18.9 Å². The molecule has 8 nitrogen and oxygen atoms in total. The SMILES string of the molecule is C#CCCC1(CCC(=O)NC(C)(Cn2cccn2)C(=O)O)N=N1. The lowest BCUT2D eigenvalue weighted by Gasteiger charge is -2.26. The van der Waals surface area contributed by atoms with E-state index < -0.39 is 17.2 Å². The van der Waals surface area contributed by atoms with Crippen LogP contribution < -0.4 is 5.32 Å². The molecule has 1 aromatic heterocycles. The molecule has 0 saturated carbocycles. The molecule has 1 atom stereocenters. The third kappa shape index (κ3) is 4.39. The molecule has 23 heavy (non-hydrogen) atoms. The minimum Gasteiger partial charge on any atom is -0.479 e. The molecule has 0 saturated heterocycles. The highest BCUT2D eigenvalue weighted by molar-refractivity contribution is 5.86. The molecular weight excluding hydrogens is 298 g/mol. The van der Waals surface area contributed by atoms with Crippen LogP contribution in [0.5, 0.6) is 0 Å². The second-order valence-corrected chi connectivity index (χ2v) is 5.78. The minimum absolute atomic E-state index is 0.0397. The lowest BCUT2D eigenvalue weighted by Crippen LogP contribution is -2.55. The van der Waals surface area contributed by atoms with Crippen molar-refractivity contribution in [3.05, 3.63) is 18.5 Å². The van der Waals surface area contributed by atoms with Gasteiger partial charge in [0.05, 0.1) is 6.54 Å². The van der Waals surface area contributed by atoms with E-state index in [4.69, 9.17) is 6.42 Å². The number of hydrogen-bond acceptors (Lipinski definition) is 5. The second-order valence-electron chi connectivity index (χ2n) is 5.78. The molecule has 2 heterocycles. The van der Waals surface area contributed by atoms with E-state index in [1.165, 1.54) is 11.6 Å². The summed E-state index contributed by atoms with van der Waals surface area (Å²) in [5.41, 5.74) is -1.99. The van der Waals surface area contributed by atoms with E-state index in [1.807, 2.05) is 0 Å². The van der Waals surface area contributed by atoms with Crippen molar-refractivity contribution in [1.29, 1.82) is 0 Å². The molecule has 1 amide bonds. The monoisotopic (exact) mass is 317 g/mol. The van der Waals surface area contributed by atoms with Crippen LogP contribution in [-0.2, 0) is 16.1 Å². The Morgan fingerprint density at radius 2 is 2.17 bits per heavy atom. The summed E-state index contributed by atoms with van der Waals surface area (Å²) in [6.45, 7) is 1.49. The fourth-order valence-electron chi connectivity index (χ4n) is 2.23. The standard InChI is InChI=1S/C15H19N5O3/c1-3-4-7-15(18-19-15)8-6-12(21)17-14(2,13(22)23)11-20-10-5-9-16-20/h1,5,9-10H,4,6-8,11H2,2H3,(H,17,21)(H,22,23). The van der Waals surface area contributed by atoms with Gasteiger partial charge in [0.2, 0.25) is 5.91 Å². The fraction of sp³-hybridized carbons (Fsp3) is 0.533. The van der Waals surface area contributed by atoms with Crippen LogP contribution >= 0.6 is 0 Å². The summed E-state index contributed by atoms with van der Waals surface area (Å²) in [5, 5.41) is 23.9. The number of nitrogens with zero attached hydrogens (tertiary/aromatic N) is 4. The number of carbonyl (C=O) groups is 2. The summed E-state index contributed by atoms with van der Waals surface area (Å²) in [6.07, 6.45) is 10.1. The predicted octanol–water partition coefficient (Wildman–Crippen LogP) is 1.20. The molecule has 8 heteroatoms. The van der Waals surface area contributed by atoms with E-state index in [2.05, 4.69) is 26.6 Å². The van der Waals surface area contributed by atoms with Gasteiger partial charge in [0.1, 0.15) is 0 Å². The Morgan fingerprint density at radius 1 is 1.43 bits per heavy atom. The van der Waals surface area contributed by atoms with Gasteiger partial charge in [-0.25, -0.2) is 4.79 Å². The van der Waals surface area contributed by atoms with Crippen LogP contribution in [0, 0.1) is 12.3 Å². The first-order valence-electron chi connectivity index (χ1n) is 7.28. The molecule has 0 bridgehead atoms. The molecule has 1 aliphatic heterocycles. The zero-order chi connectivity index (χ0) is 16.9. The fourth-order valence-corrected chi connectivity index (χ4v) is 2.23. The Balaban J connectivity index is 1.88. The molecular formula is C15H19N5O3. The van der Waals surface area contributed by atoms with Crippen molar-refractivity contribution >= 4 is 11.9 Å². The molecule has 1 aromatic rings. The van der Waals surface area contributed by atoms with Crippen LogP contribution in [-0.4, -0.2) is 38.0 Å². The smallest absolute Gasteiger partial charge is 0.331 e. The largest absolute Gasteiger partial charge is 0.479 e. The van der Waals surface area contributed by atoms with Crippen LogP contribution in [0.25, 0.3) is 0 Å². The number of aliphatic carboxylic acids is 1. The normalized spacial score (nSPS) is 17.0. The topological polar surface area (TPSA) is 109 Å². The maximum atomic E-state index is 12.1. The van der Waals surface area contributed by atoms with Crippen molar-refractivity contribution in [3.8, 4) is 12.3 Å². The first kappa shape index (κ1) is 16.7. The van der Waals surface area contributed by atoms with Crippen molar-refractivity contribution < 1.29 is 14.7 Å². The van der Waals surface area contributed by atoms with Gasteiger partial charge in [-0.1, -0.05) is 0 Å². The highest BCUT2D eigenvalue weighted by Gasteiger charge is 2.41. The summed E-state index contributed by atoms with van der Waals surface area (Å²) in [7, 11) is 0. The molecule has 0 spiro atoms. The lowest BCUT2D eigenvalue weighted by atomic mass is 9.99. The number of carboxylic acid groups (broad SMARTS) is 1. The Hall–Kier alpha value is -2.69. The van der Waals surface area contributed by atoms with Gasteiger partial charge in [-0.2, -0.15) is 15.3 Å². The van der Waals surface area contributed by atoms with Gasteiger partial charge in [-0.05, 0) is 13.0 Å². The van der Waals surface area contributed by atoms with Crippen molar-refractivity contribution in [2.75, 3.05) is 0 Å². The Bertz CT molecular complexity index is 641. The summed E-state index contributed by atoms with van der Waals surface area (Å²) >= 11 is 0. The van der Waals surface area contributed by atoms with Crippen molar-refractivity contribution in [2.45, 2.75) is 50.4 Å². The average Bonchev–Trinajstić information content (AvgIpc) is 3.10. The van der Waals surface area contributed by atoms with Crippen molar-refractivity contribution in [1.82, 2.24) is 15.1 Å². The van der Waals surface area contributed by atoms with Crippen LogP contribution in [0.2, 0.25) is 0 Å².